The summed E-state index contributed by atoms with van der Waals surface area (Å²) in [5, 5.41) is 19.3. The summed E-state index contributed by atoms with van der Waals surface area (Å²) < 4.78 is 32.6. The van der Waals surface area contributed by atoms with Gasteiger partial charge in [-0.25, -0.2) is 8.42 Å². The van der Waals surface area contributed by atoms with Gasteiger partial charge in [0, 0.05) is 6.26 Å². The van der Waals surface area contributed by atoms with Crippen LogP contribution >= 0.6 is 0 Å². The molecule has 1 heterocycles. The molecule has 0 radical (unpaired) electrons. The smallest absolute Gasteiger partial charge is 0.186 e. The van der Waals surface area contributed by atoms with E-state index < -0.39 is 34.4 Å². The van der Waals surface area contributed by atoms with Crippen molar-refractivity contribution in [2.45, 2.75) is 51.0 Å². The second-order valence-corrected chi connectivity index (χ2v) is 6.89. The van der Waals surface area contributed by atoms with E-state index in [1.807, 2.05) is 0 Å². The largest absolute Gasteiger partial charge is 0.387 e. The number of ether oxygens (including phenoxy) is 2. The van der Waals surface area contributed by atoms with Crippen molar-refractivity contribution in [3.05, 3.63) is 0 Å². The highest BCUT2D eigenvalue weighted by Gasteiger charge is 2.43. The topological polar surface area (TPSA) is 93.1 Å². The van der Waals surface area contributed by atoms with Crippen molar-refractivity contribution >= 4 is 9.84 Å². The molecule has 2 N–H and O–H groups in total. The number of rotatable bonds is 5. The Morgan fingerprint density at radius 1 is 1.29 bits per heavy atom. The van der Waals surface area contributed by atoms with E-state index in [0.717, 1.165) is 6.26 Å². The summed E-state index contributed by atoms with van der Waals surface area (Å²) >= 11 is 0. The quantitative estimate of drug-likeness (QED) is 0.684. The second-order valence-electron chi connectivity index (χ2n) is 4.63. The van der Waals surface area contributed by atoms with E-state index in [-0.39, 0.29) is 18.3 Å². The molecule has 0 bridgehead atoms. The van der Waals surface area contributed by atoms with E-state index in [2.05, 4.69) is 0 Å². The molecule has 7 heteroatoms. The first-order chi connectivity index (χ1) is 7.70. The zero-order valence-corrected chi connectivity index (χ0v) is 11.1. The number of sulfone groups is 1. The summed E-state index contributed by atoms with van der Waals surface area (Å²) in [6, 6.07) is 0. The average molecular weight is 268 g/mol. The molecule has 1 rings (SSSR count). The van der Waals surface area contributed by atoms with Crippen molar-refractivity contribution < 1.29 is 28.1 Å². The zero-order valence-electron chi connectivity index (χ0n) is 10.2. The van der Waals surface area contributed by atoms with E-state index in [1.54, 1.807) is 13.8 Å². The molecule has 1 aliphatic heterocycles. The molecular formula is C10H20O6S. The van der Waals surface area contributed by atoms with Crippen LogP contribution in [-0.2, 0) is 19.3 Å². The molecule has 0 saturated carbocycles. The number of aliphatic hydroxyl groups is 2. The summed E-state index contributed by atoms with van der Waals surface area (Å²) in [6.07, 6.45) is -2.72. The normalized spacial score (nSPS) is 34.5. The molecule has 4 atom stereocenters. The fourth-order valence-electron chi connectivity index (χ4n) is 1.66. The fourth-order valence-corrected chi connectivity index (χ4v) is 2.32. The third-order valence-corrected chi connectivity index (χ3v) is 3.48. The molecule has 0 spiro atoms. The summed E-state index contributed by atoms with van der Waals surface area (Å²) in [7, 11) is -3.11. The van der Waals surface area contributed by atoms with Gasteiger partial charge < -0.3 is 19.7 Å². The van der Waals surface area contributed by atoms with Crippen molar-refractivity contribution in [3.8, 4) is 0 Å². The first-order valence-corrected chi connectivity index (χ1v) is 7.61. The van der Waals surface area contributed by atoms with Crippen LogP contribution in [-0.4, -0.2) is 61.3 Å². The van der Waals surface area contributed by atoms with Gasteiger partial charge in [-0.15, -0.1) is 0 Å². The first-order valence-electron chi connectivity index (χ1n) is 5.55. The van der Waals surface area contributed by atoms with Crippen LogP contribution < -0.4 is 0 Å². The van der Waals surface area contributed by atoms with Gasteiger partial charge in [0.25, 0.3) is 0 Å². The number of hydrogen-bond acceptors (Lipinski definition) is 6. The molecule has 1 aliphatic rings. The monoisotopic (exact) mass is 268 g/mol. The van der Waals surface area contributed by atoms with Crippen molar-refractivity contribution in [1.29, 1.82) is 0 Å². The lowest BCUT2D eigenvalue weighted by Gasteiger charge is -2.17. The van der Waals surface area contributed by atoms with Gasteiger partial charge in [-0.05, 0) is 20.3 Å². The number of aliphatic hydroxyl groups excluding tert-OH is 2. The maximum absolute atomic E-state index is 11.0. The van der Waals surface area contributed by atoms with Gasteiger partial charge in [0.15, 0.2) is 6.29 Å². The molecule has 6 nitrogen and oxygen atoms in total. The third kappa shape index (κ3) is 4.51. The Balaban J connectivity index is 2.53. The van der Waals surface area contributed by atoms with Crippen LogP contribution in [0.25, 0.3) is 0 Å². The predicted molar refractivity (Wildman–Crippen MR) is 61.2 cm³/mol. The minimum atomic E-state index is -3.11. The molecule has 17 heavy (non-hydrogen) atoms. The lowest BCUT2D eigenvalue weighted by atomic mass is 10.1. The maximum atomic E-state index is 11.0. The van der Waals surface area contributed by atoms with Gasteiger partial charge in [-0.1, -0.05) is 0 Å². The SMILES string of the molecule is CC(C)O[C@@H]1O[C@H](CCS(C)(=O)=O)[C@@H](O)[C@H]1O. The summed E-state index contributed by atoms with van der Waals surface area (Å²) in [5.41, 5.74) is 0. The fraction of sp³-hybridized carbons (Fsp3) is 1.00. The van der Waals surface area contributed by atoms with E-state index in [9.17, 15) is 18.6 Å². The summed E-state index contributed by atoms with van der Waals surface area (Å²) in [5.74, 6) is -0.0875. The van der Waals surface area contributed by atoms with Crippen LogP contribution in [0.5, 0.6) is 0 Å². The van der Waals surface area contributed by atoms with Crippen molar-refractivity contribution in [1.82, 2.24) is 0 Å². The molecule has 0 amide bonds. The lowest BCUT2D eigenvalue weighted by molar-refractivity contribution is -0.183. The van der Waals surface area contributed by atoms with Crippen LogP contribution in [0.1, 0.15) is 20.3 Å². The van der Waals surface area contributed by atoms with Crippen LogP contribution in [0.3, 0.4) is 0 Å². The molecule has 1 fully saturated rings. The van der Waals surface area contributed by atoms with E-state index >= 15 is 0 Å². The minimum absolute atomic E-state index is 0.0875. The van der Waals surface area contributed by atoms with Crippen LogP contribution in [0, 0.1) is 0 Å². The van der Waals surface area contributed by atoms with Gasteiger partial charge in [-0.3, -0.25) is 0 Å². The highest BCUT2D eigenvalue weighted by molar-refractivity contribution is 7.90. The van der Waals surface area contributed by atoms with Crippen molar-refractivity contribution in [2.75, 3.05) is 12.0 Å². The lowest BCUT2D eigenvalue weighted by Crippen LogP contribution is -2.35. The minimum Gasteiger partial charge on any atom is -0.387 e. The summed E-state index contributed by atoms with van der Waals surface area (Å²) in [4.78, 5) is 0. The van der Waals surface area contributed by atoms with E-state index in [0.29, 0.717) is 0 Å². The first kappa shape index (κ1) is 14.8. The molecule has 1 saturated heterocycles. The van der Waals surface area contributed by atoms with Crippen LogP contribution in [0.2, 0.25) is 0 Å². The Kier molecular flexibility index (Phi) is 4.91. The van der Waals surface area contributed by atoms with Crippen LogP contribution in [0.15, 0.2) is 0 Å². The highest BCUT2D eigenvalue weighted by atomic mass is 32.2. The Morgan fingerprint density at radius 2 is 1.88 bits per heavy atom. The van der Waals surface area contributed by atoms with Gasteiger partial charge in [-0.2, -0.15) is 0 Å². The van der Waals surface area contributed by atoms with E-state index in [4.69, 9.17) is 9.47 Å². The predicted octanol–water partition coefficient (Wildman–Crippen LogP) is -0.707. The molecule has 0 unspecified atom stereocenters. The van der Waals surface area contributed by atoms with E-state index in [1.165, 1.54) is 0 Å². The van der Waals surface area contributed by atoms with Crippen molar-refractivity contribution in [2.24, 2.45) is 0 Å². The molecular weight excluding hydrogens is 248 g/mol. The maximum Gasteiger partial charge on any atom is 0.186 e. The van der Waals surface area contributed by atoms with Gasteiger partial charge in [0.2, 0.25) is 0 Å². The van der Waals surface area contributed by atoms with Gasteiger partial charge in [0.1, 0.15) is 22.0 Å². The molecule has 0 aromatic heterocycles. The van der Waals surface area contributed by atoms with Crippen LogP contribution in [0.4, 0.5) is 0 Å². The molecule has 0 aliphatic carbocycles. The van der Waals surface area contributed by atoms with Gasteiger partial charge >= 0.3 is 0 Å². The molecule has 0 aromatic rings. The Hall–Kier alpha value is -0.210. The van der Waals surface area contributed by atoms with Gasteiger partial charge in [0.05, 0.1) is 18.0 Å². The average Bonchev–Trinajstić information content (AvgIpc) is 2.41. The molecule has 0 aromatic carbocycles. The standard InChI is InChI=1S/C10H20O6S/c1-6(2)15-10-9(12)8(11)7(16-10)4-5-17(3,13)14/h6-12H,4-5H2,1-3H3/t7-,8-,9-,10-/m1/s1. The third-order valence-electron chi connectivity index (χ3n) is 2.50. The Morgan fingerprint density at radius 3 is 2.35 bits per heavy atom. The molecule has 102 valence electrons. The zero-order chi connectivity index (χ0) is 13.2. The summed E-state index contributed by atoms with van der Waals surface area (Å²) in [6.45, 7) is 3.57. The number of hydrogen-bond donors (Lipinski definition) is 2. The highest BCUT2D eigenvalue weighted by Crippen LogP contribution is 2.25. The second kappa shape index (κ2) is 5.62. The Labute approximate surface area is 101 Å². The van der Waals surface area contributed by atoms with Crippen molar-refractivity contribution in [3.63, 3.8) is 0 Å². The Bertz CT molecular complexity index is 339.